The number of aromatic nitrogens is 2. The maximum absolute atomic E-state index is 13.5. The second-order valence-corrected chi connectivity index (χ2v) is 5.11. The van der Waals surface area contributed by atoms with Gasteiger partial charge in [-0.1, -0.05) is 15.9 Å². The van der Waals surface area contributed by atoms with Gasteiger partial charge in [-0.05, 0) is 18.2 Å². The Kier molecular flexibility index (Phi) is 4.70. The summed E-state index contributed by atoms with van der Waals surface area (Å²) in [6, 6.07) is 3.86. The number of halogens is 5. The topological polar surface area (TPSA) is 59.3 Å². The van der Waals surface area contributed by atoms with E-state index in [0.717, 1.165) is 6.07 Å². The van der Waals surface area contributed by atoms with Crippen molar-refractivity contribution in [1.29, 1.82) is 0 Å². The van der Waals surface area contributed by atoms with Gasteiger partial charge < -0.3 is 9.72 Å². The minimum Gasteiger partial charge on any atom is -0.451 e. The third-order valence-electron chi connectivity index (χ3n) is 2.61. The highest BCUT2D eigenvalue weighted by atomic mass is 79.9. The Labute approximate surface area is 134 Å². The van der Waals surface area contributed by atoms with Crippen LogP contribution in [0.3, 0.4) is 0 Å². The molecule has 2 rings (SSSR count). The molecule has 5 nitrogen and oxygen atoms in total. The number of hydrogen-bond acceptors (Lipinski definition) is 3. The molecular weight excluding hydrogens is 386 g/mol. The molecule has 0 aliphatic carbocycles. The lowest BCUT2D eigenvalue weighted by Crippen LogP contribution is -2.28. The first-order valence-corrected chi connectivity index (χ1v) is 6.65. The highest BCUT2D eigenvalue weighted by molar-refractivity contribution is 9.10. The Balaban J connectivity index is 2.55. The van der Waals surface area contributed by atoms with E-state index in [2.05, 4.69) is 25.8 Å². The van der Waals surface area contributed by atoms with Gasteiger partial charge in [0.1, 0.15) is 5.75 Å². The van der Waals surface area contributed by atoms with Gasteiger partial charge in [-0.25, -0.2) is 18.6 Å². The average Bonchev–Trinajstić information content (AvgIpc) is 2.48. The van der Waals surface area contributed by atoms with Crippen LogP contribution in [-0.2, 0) is 5.92 Å². The van der Waals surface area contributed by atoms with E-state index in [1.165, 1.54) is 12.1 Å². The molecule has 0 aliphatic heterocycles. The van der Waals surface area contributed by atoms with Gasteiger partial charge in [0, 0.05) is 4.47 Å². The molecule has 120 valence electrons. The summed E-state index contributed by atoms with van der Waals surface area (Å²) < 4.78 is 57.5. The average molecular weight is 392 g/mol. The third-order valence-corrected chi connectivity index (χ3v) is 3.06. The minimum absolute atomic E-state index is 0.0943. The molecule has 1 aromatic carbocycles. The van der Waals surface area contributed by atoms with Gasteiger partial charge in [-0.2, -0.15) is 8.78 Å². The number of ether oxygens (including phenoxy) is 1. The standard InChI is InChI=1S/C13H6BrF4N3O2/c1-19-7-2-6(14)3-8(4-7)23-9-10(13(17,18)12(15)16)20-5-21-11(9)22/h2-5,12H,(H,20,21,22). The summed E-state index contributed by atoms with van der Waals surface area (Å²) in [7, 11) is 0. The summed E-state index contributed by atoms with van der Waals surface area (Å²) in [5, 5.41) is 0. The van der Waals surface area contributed by atoms with E-state index < -0.39 is 29.4 Å². The van der Waals surface area contributed by atoms with Gasteiger partial charge in [0.2, 0.25) is 5.75 Å². The first kappa shape index (κ1) is 17.0. The Morgan fingerprint density at radius 1 is 1.35 bits per heavy atom. The normalized spacial score (nSPS) is 11.3. The van der Waals surface area contributed by atoms with Crippen LogP contribution in [0.25, 0.3) is 4.85 Å². The Bertz CT molecular complexity index is 833. The van der Waals surface area contributed by atoms with Crippen LogP contribution >= 0.6 is 15.9 Å². The fourth-order valence-electron chi connectivity index (χ4n) is 1.61. The molecule has 0 saturated heterocycles. The molecule has 0 fully saturated rings. The predicted octanol–water partition coefficient (Wildman–Crippen LogP) is 4.23. The summed E-state index contributed by atoms with van der Waals surface area (Å²) >= 11 is 3.07. The van der Waals surface area contributed by atoms with Crippen molar-refractivity contribution in [3.8, 4) is 11.5 Å². The van der Waals surface area contributed by atoms with Gasteiger partial charge in [-0.15, -0.1) is 0 Å². The molecule has 10 heteroatoms. The maximum atomic E-state index is 13.5. The first-order valence-electron chi connectivity index (χ1n) is 5.85. The van der Waals surface area contributed by atoms with Crippen molar-refractivity contribution < 1.29 is 22.3 Å². The van der Waals surface area contributed by atoms with Crippen LogP contribution in [0.2, 0.25) is 0 Å². The monoisotopic (exact) mass is 391 g/mol. The number of nitrogens with one attached hydrogen (secondary N) is 1. The van der Waals surface area contributed by atoms with E-state index in [-0.39, 0.29) is 11.4 Å². The van der Waals surface area contributed by atoms with Crippen LogP contribution in [-0.4, -0.2) is 16.4 Å². The highest BCUT2D eigenvalue weighted by Crippen LogP contribution is 2.38. The van der Waals surface area contributed by atoms with Gasteiger partial charge in [0.25, 0.3) is 5.56 Å². The number of nitrogens with zero attached hydrogens (tertiary/aromatic N) is 2. The summed E-state index contributed by atoms with van der Waals surface area (Å²) in [6.45, 7) is 6.91. The highest BCUT2D eigenvalue weighted by Gasteiger charge is 2.47. The Hall–Kier alpha value is -2.41. The van der Waals surface area contributed by atoms with E-state index in [4.69, 9.17) is 11.3 Å². The first-order chi connectivity index (χ1) is 10.8. The summed E-state index contributed by atoms with van der Waals surface area (Å²) in [5.74, 6) is -5.89. The van der Waals surface area contributed by atoms with Gasteiger partial charge in [0.05, 0.1) is 12.9 Å². The van der Waals surface area contributed by atoms with Crippen LogP contribution in [0, 0.1) is 6.57 Å². The zero-order chi connectivity index (χ0) is 17.2. The molecule has 0 unspecified atom stereocenters. The molecule has 1 N–H and O–H groups in total. The largest absolute Gasteiger partial charge is 0.451 e. The zero-order valence-corrected chi connectivity index (χ0v) is 12.6. The lowest BCUT2D eigenvalue weighted by atomic mass is 10.2. The van der Waals surface area contributed by atoms with Crippen molar-refractivity contribution in [2.45, 2.75) is 12.3 Å². The summed E-state index contributed by atoms with van der Waals surface area (Å²) in [4.78, 5) is 19.9. The van der Waals surface area contributed by atoms with Crippen LogP contribution < -0.4 is 10.3 Å². The second kappa shape index (κ2) is 6.37. The molecule has 0 amide bonds. The molecule has 0 saturated carbocycles. The van der Waals surface area contributed by atoms with Crippen LogP contribution in [0.1, 0.15) is 5.69 Å². The molecular formula is C13H6BrF4N3O2. The number of H-pyrrole nitrogens is 1. The Morgan fingerprint density at radius 2 is 2.04 bits per heavy atom. The molecule has 23 heavy (non-hydrogen) atoms. The SMILES string of the molecule is [C-]#[N+]c1cc(Br)cc(Oc2c(C(F)(F)C(F)F)nc[nH]c2=O)c1. The predicted molar refractivity (Wildman–Crippen MR) is 75.2 cm³/mol. The number of alkyl halides is 4. The minimum atomic E-state index is -4.67. The lowest BCUT2D eigenvalue weighted by Gasteiger charge is -2.17. The van der Waals surface area contributed by atoms with E-state index in [1.54, 1.807) is 0 Å². The van der Waals surface area contributed by atoms with Gasteiger partial charge in [0.15, 0.2) is 11.4 Å². The van der Waals surface area contributed by atoms with Gasteiger partial charge in [-0.3, -0.25) is 4.79 Å². The van der Waals surface area contributed by atoms with Crippen molar-refractivity contribution in [2.75, 3.05) is 0 Å². The fourth-order valence-corrected chi connectivity index (χ4v) is 2.07. The number of rotatable bonds is 4. The van der Waals surface area contributed by atoms with Crippen LogP contribution in [0.5, 0.6) is 11.5 Å². The van der Waals surface area contributed by atoms with Crippen LogP contribution in [0.15, 0.2) is 33.8 Å². The second-order valence-electron chi connectivity index (χ2n) is 4.19. The van der Waals surface area contributed by atoms with Crippen molar-refractivity contribution in [1.82, 2.24) is 9.97 Å². The molecule has 0 bridgehead atoms. The molecule has 0 spiro atoms. The summed E-state index contributed by atoms with van der Waals surface area (Å²) in [5.41, 5.74) is -2.54. The molecule has 0 atom stereocenters. The Morgan fingerprint density at radius 3 is 2.65 bits per heavy atom. The maximum Gasteiger partial charge on any atom is 0.352 e. The molecule has 2 aromatic rings. The number of aromatic amines is 1. The van der Waals surface area contributed by atoms with E-state index in [1.807, 2.05) is 4.98 Å². The van der Waals surface area contributed by atoms with E-state index in [9.17, 15) is 22.4 Å². The van der Waals surface area contributed by atoms with E-state index in [0.29, 0.717) is 10.8 Å². The van der Waals surface area contributed by atoms with E-state index >= 15 is 0 Å². The quantitative estimate of drug-likeness (QED) is 0.626. The van der Waals surface area contributed by atoms with Gasteiger partial charge >= 0.3 is 12.3 Å². The lowest BCUT2D eigenvalue weighted by molar-refractivity contribution is -0.139. The van der Waals surface area contributed by atoms with Crippen molar-refractivity contribution in [2.24, 2.45) is 0 Å². The summed E-state index contributed by atoms with van der Waals surface area (Å²) in [6.07, 6.45) is -3.49. The van der Waals surface area contributed by atoms with Crippen molar-refractivity contribution >= 4 is 21.6 Å². The van der Waals surface area contributed by atoms with Crippen LogP contribution in [0.4, 0.5) is 23.2 Å². The molecule has 0 radical (unpaired) electrons. The molecule has 1 heterocycles. The fraction of sp³-hybridized carbons (Fsp3) is 0.154. The van der Waals surface area contributed by atoms with Crippen molar-refractivity contribution in [3.05, 3.63) is 56.5 Å². The molecule has 1 aromatic heterocycles. The number of benzene rings is 1. The zero-order valence-electron chi connectivity index (χ0n) is 11.0. The van der Waals surface area contributed by atoms with Crippen molar-refractivity contribution in [3.63, 3.8) is 0 Å². The smallest absolute Gasteiger partial charge is 0.352 e. The third kappa shape index (κ3) is 3.50. The number of hydrogen-bond donors (Lipinski definition) is 1. The molecule has 0 aliphatic rings.